The van der Waals surface area contributed by atoms with Crippen LogP contribution in [0.3, 0.4) is 0 Å². The fraction of sp³-hybridized carbons (Fsp3) is 0.273. The van der Waals surface area contributed by atoms with Gasteiger partial charge in [-0.1, -0.05) is 53.5 Å². The number of rotatable bonds is 2. The molecule has 0 aliphatic heterocycles. The van der Waals surface area contributed by atoms with Crippen LogP contribution in [0.1, 0.15) is 43.6 Å². The van der Waals surface area contributed by atoms with E-state index in [-0.39, 0.29) is 5.78 Å². The molecule has 0 amide bonds. The quantitative estimate of drug-likeness (QED) is 0.700. The number of ketones is 2. The number of carbonyl (C=O) groups is 2. The standard InChI is InChI=1S/C11H11ClO.C6H6BClO2.C5H6O/c12-10-4-1-8(2-5-10)9-3-6-11(13)7-9;8-6-3-1-5(2-4-6)7(9)10;6-5-3-1-2-4-5/h1-2,4-5,9H,3,6-7H2;1-4,9-10H;1,3H,2,4H2. The van der Waals surface area contributed by atoms with E-state index in [2.05, 4.69) is 0 Å². The van der Waals surface area contributed by atoms with Crippen molar-refractivity contribution in [2.24, 2.45) is 0 Å². The maximum absolute atomic E-state index is 11.1. The molecule has 0 aromatic heterocycles. The summed E-state index contributed by atoms with van der Waals surface area (Å²) in [7, 11) is -1.41. The normalized spacial score (nSPS) is 17.3. The second-order valence-corrected chi connectivity index (χ2v) is 7.74. The Bertz CT molecular complexity index is 833. The molecule has 7 heteroatoms. The summed E-state index contributed by atoms with van der Waals surface area (Å²) in [6, 6.07) is 14.2. The van der Waals surface area contributed by atoms with Gasteiger partial charge in [-0.3, -0.25) is 9.59 Å². The molecule has 0 saturated heterocycles. The van der Waals surface area contributed by atoms with Crippen LogP contribution in [0.2, 0.25) is 10.0 Å². The summed E-state index contributed by atoms with van der Waals surface area (Å²) in [4.78, 5) is 21.2. The van der Waals surface area contributed by atoms with Crippen LogP contribution in [0, 0.1) is 0 Å². The first kappa shape index (κ1) is 23.4. The summed E-state index contributed by atoms with van der Waals surface area (Å²) in [5.74, 6) is 1.10. The number of hydrogen-bond acceptors (Lipinski definition) is 4. The molecular weight excluding hydrogens is 410 g/mol. The van der Waals surface area contributed by atoms with Gasteiger partial charge in [0.15, 0.2) is 5.78 Å². The van der Waals surface area contributed by atoms with Gasteiger partial charge in [-0.05, 0) is 60.1 Å². The van der Waals surface area contributed by atoms with Crippen LogP contribution >= 0.6 is 23.2 Å². The molecule has 1 unspecified atom stereocenters. The van der Waals surface area contributed by atoms with Crippen LogP contribution in [0.4, 0.5) is 0 Å². The van der Waals surface area contributed by atoms with Crippen molar-refractivity contribution in [1.82, 2.24) is 0 Å². The molecule has 2 aliphatic rings. The molecule has 152 valence electrons. The summed E-state index contributed by atoms with van der Waals surface area (Å²) < 4.78 is 0. The van der Waals surface area contributed by atoms with Gasteiger partial charge in [0.1, 0.15) is 5.78 Å². The van der Waals surface area contributed by atoms with Crippen LogP contribution in [-0.2, 0) is 9.59 Å². The third kappa shape index (κ3) is 8.54. The summed E-state index contributed by atoms with van der Waals surface area (Å²) >= 11 is 11.3. The van der Waals surface area contributed by atoms with E-state index in [4.69, 9.17) is 33.2 Å². The lowest BCUT2D eigenvalue weighted by Crippen LogP contribution is -2.29. The molecule has 0 radical (unpaired) electrons. The van der Waals surface area contributed by atoms with Crippen molar-refractivity contribution >= 4 is 47.3 Å². The van der Waals surface area contributed by atoms with Gasteiger partial charge < -0.3 is 10.0 Å². The lowest BCUT2D eigenvalue weighted by molar-refractivity contribution is -0.117. The summed E-state index contributed by atoms with van der Waals surface area (Å²) in [5, 5.41) is 18.6. The Kier molecular flexibility index (Phi) is 9.62. The maximum Gasteiger partial charge on any atom is 0.488 e. The zero-order valence-electron chi connectivity index (χ0n) is 15.9. The Morgan fingerprint density at radius 2 is 1.45 bits per heavy atom. The van der Waals surface area contributed by atoms with E-state index in [1.807, 2.05) is 30.3 Å². The third-order valence-corrected chi connectivity index (χ3v) is 5.12. The van der Waals surface area contributed by atoms with E-state index in [1.54, 1.807) is 30.3 Å². The largest absolute Gasteiger partial charge is 0.488 e. The average molecular weight is 433 g/mol. The van der Waals surface area contributed by atoms with Crippen LogP contribution in [0.15, 0.2) is 60.7 Å². The van der Waals surface area contributed by atoms with E-state index >= 15 is 0 Å². The fourth-order valence-corrected chi connectivity index (χ4v) is 3.24. The summed E-state index contributed by atoms with van der Waals surface area (Å²) in [6.07, 6.45) is 7.69. The van der Waals surface area contributed by atoms with E-state index in [1.165, 1.54) is 5.56 Å². The lowest BCUT2D eigenvalue weighted by Gasteiger charge is -2.07. The van der Waals surface area contributed by atoms with Crippen LogP contribution in [0.5, 0.6) is 0 Å². The first-order valence-corrected chi connectivity index (χ1v) is 10.2. The maximum atomic E-state index is 11.1. The Morgan fingerprint density at radius 3 is 1.83 bits per heavy atom. The number of benzene rings is 2. The highest BCUT2D eigenvalue weighted by Gasteiger charge is 2.23. The van der Waals surface area contributed by atoms with Crippen molar-refractivity contribution in [2.45, 2.75) is 38.0 Å². The minimum absolute atomic E-state index is 0.273. The molecule has 0 spiro atoms. The van der Waals surface area contributed by atoms with Gasteiger partial charge >= 0.3 is 7.12 Å². The van der Waals surface area contributed by atoms with Gasteiger partial charge in [0.25, 0.3) is 0 Å². The number of hydrogen-bond donors (Lipinski definition) is 2. The molecule has 4 nitrogen and oxygen atoms in total. The highest BCUT2D eigenvalue weighted by molar-refractivity contribution is 6.58. The number of allylic oxidation sites excluding steroid dienone is 2. The van der Waals surface area contributed by atoms with Crippen LogP contribution in [-0.4, -0.2) is 28.7 Å². The molecule has 2 aromatic carbocycles. The molecule has 0 heterocycles. The summed E-state index contributed by atoms with van der Waals surface area (Å²) in [6.45, 7) is 0. The van der Waals surface area contributed by atoms with Crippen molar-refractivity contribution in [1.29, 1.82) is 0 Å². The Morgan fingerprint density at radius 1 is 0.862 bits per heavy atom. The molecule has 29 heavy (non-hydrogen) atoms. The molecule has 2 aliphatic carbocycles. The Labute approximate surface area is 181 Å². The highest BCUT2D eigenvalue weighted by atomic mass is 35.5. The van der Waals surface area contributed by atoms with Crippen molar-refractivity contribution in [2.75, 3.05) is 0 Å². The molecular formula is C22H23BCl2O4. The van der Waals surface area contributed by atoms with Crippen LogP contribution in [0.25, 0.3) is 0 Å². The van der Waals surface area contributed by atoms with E-state index in [0.717, 1.165) is 30.7 Å². The molecule has 4 rings (SSSR count). The third-order valence-electron chi connectivity index (χ3n) is 4.62. The van der Waals surface area contributed by atoms with Gasteiger partial charge in [-0.25, -0.2) is 0 Å². The first-order valence-electron chi connectivity index (χ1n) is 9.43. The van der Waals surface area contributed by atoms with Gasteiger partial charge in [0.2, 0.25) is 0 Å². The van der Waals surface area contributed by atoms with Gasteiger partial charge in [-0.15, -0.1) is 0 Å². The average Bonchev–Trinajstić information content (AvgIpc) is 3.35. The molecule has 2 aromatic rings. The van der Waals surface area contributed by atoms with Gasteiger partial charge in [0, 0.05) is 29.3 Å². The van der Waals surface area contributed by atoms with Crippen molar-refractivity contribution in [3.63, 3.8) is 0 Å². The van der Waals surface area contributed by atoms with Crippen molar-refractivity contribution in [3.8, 4) is 0 Å². The predicted octanol–water partition coefficient (Wildman–Crippen LogP) is 4.10. The van der Waals surface area contributed by atoms with E-state index in [9.17, 15) is 9.59 Å². The minimum atomic E-state index is -1.41. The molecule has 1 fully saturated rings. The predicted molar refractivity (Wildman–Crippen MR) is 118 cm³/mol. The fourth-order valence-electron chi connectivity index (χ4n) is 2.99. The Balaban J connectivity index is 0.000000166. The van der Waals surface area contributed by atoms with E-state index in [0.29, 0.717) is 28.6 Å². The topological polar surface area (TPSA) is 74.6 Å². The zero-order valence-corrected chi connectivity index (χ0v) is 17.4. The minimum Gasteiger partial charge on any atom is -0.423 e. The second kappa shape index (κ2) is 11.9. The number of halogens is 2. The number of carbonyl (C=O) groups excluding carboxylic acids is 2. The van der Waals surface area contributed by atoms with Gasteiger partial charge in [0.05, 0.1) is 0 Å². The second-order valence-electron chi connectivity index (χ2n) is 6.86. The van der Waals surface area contributed by atoms with E-state index < -0.39 is 7.12 Å². The van der Waals surface area contributed by atoms with Crippen molar-refractivity contribution < 1.29 is 19.6 Å². The first-order chi connectivity index (χ1) is 13.8. The monoisotopic (exact) mass is 432 g/mol. The van der Waals surface area contributed by atoms with Gasteiger partial charge in [-0.2, -0.15) is 0 Å². The molecule has 2 N–H and O–H groups in total. The van der Waals surface area contributed by atoms with Crippen LogP contribution < -0.4 is 5.46 Å². The highest BCUT2D eigenvalue weighted by Crippen LogP contribution is 2.32. The zero-order chi connectivity index (χ0) is 21.2. The lowest BCUT2D eigenvalue weighted by atomic mass is 9.81. The Hall–Kier alpha value is -1.92. The van der Waals surface area contributed by atoms with Crippen molar-refractivity contribution in [3.05, 3.63) is 76.3 Å². The molecule has 1 atom stereocenters. The number of Topliss-reactive ketones (excluding diaryl/α,β-unsaturated/α-hetero) is 1. The smallest absolute Gasteiger partial charge is 0.423 e. The molecule has 1 saturated carbocycles. The SMILES string of the molecule is O=C1C=CCC1.O=C1CCC(c2ccc(Cl)cc2)C1.OB(O)c1ccc(Cl)cc1. The molecule has 0 bridgehead atoms. The summed E-state index contributed by atoms with van der Waals surface area (Å²) in [5.41, 5.74) is 1.69.